The van der Waals surface area contributed by atoms with Gasteiger partial charge in [0.2, 0.25) is 5.91 Å². The molecule has 2 amide bonds. The lowest BCUT2D eigenvalue weighted by molar-refractivity contribution is -0.118. The van der Waals surface area contributed by atoms with E-state index in [0.717, 1.165) is 22.3 Å². The number of aromatic carboxylic acids is 1. The third-order valence-electron chi connectivity index (χ3n) is 5.86. The number of hydrogen-bond acceptors (Lipinski definition) is 6. The summed E-state index contributed by atoms with van der Waals surface area (Å²) in [6, 6.07) is 15.1. The molecule has 35 heavy (non-hydrogen) atoms. The van der Waals surface area contributed by atoms with Gasteiger partial charge in [0.05, 0.1) is 0 Å². The number of anilines is 1. The summed E-state index contributed by atoms with van der Waals surface area (Å²) < 4.78 is 6.87. The van der Waals surface area contributed by atoms with Crippen LogP contribution in [-0.2, 0) is 16.6 Å². The smallest absolute Gasteiger partial charge is 0.407 e. The van der Waals surface area contributed by atoms with Crippen molar-refractivity contribution in [1.29, 1.82) is 0 Å². The van der Waals surface area contributed by atoms with Crippen molar-refractivity contribution in [2.75, 3.05) is 23.9 Å². The fourth-order valence-electron chi connectivity index (χ4n) is 4.23. The molecule has 0 bridgehead atoms. The molecular weight excluding hydrogens is 468 g/mol. The molecule has 4 rings (SSSR count). The first-order valence-corrected chi connectivity index (χ1v) is 12.5. The molecular formula is C25H26N4O5S. The van der Waals surface area contributed by atoms with E-state index in [9.17, 15) is 19.5 Å². The van der Waals surface area contributed by atoms with Crippen molar-refractivity contribution < 1.29 is 24.2 Å². The highest BCUT2D eigenvalue weighted by atomic mass is 32.2. The molecule has 10 heteroatoms. The van der Waals surface area contributed by atoms with Gasteiger partial charge in [-0.05, 0) is 40.7 Å². The number of carbonyl (C=O) groups is 3. The highest BCUT2D eigenvalue weighted by molar-refractivity contribution is 7.98. The molecule has 1 aliphatic rings. The molecule has 1 aliphatic carbocycles. The molecule has 1 heterocycles. The number of nitrogens with zero attached hydrogens (tertiary/aromatic N) is 2. The minimum absolute atomic E-state index is 0.0755. The van der Waals surface area contributed by atoms with Crippen molar-refractivity contribution >= 4 is 35.5 Å². The second-order valence-electron chi connectivity index (χ2n) is 8.16. The molecule has 2 aromatic carbocycles. The maximum Gasteiger partial charge on any atom is 0.407 e. The summed E-state index contributed by atoms with van der Waals surface area (Å²) in [4.78, 5) is 37.0. The minimum Gasteiger partial charge on any atom is -0.477 e. The number of alkyl carbamates (subject to hydrolysis) is 1. The van der Waals surface area contributed by atoms with Crippen molar-refractivity contribution in [2.24, 2.45) is 7.05 Å². The monoisotopic (exact) mass is 494 g/mol. The van der Waals surface area contributed by atoms with Gasteiger partial charge in [0.15, 0.2) is 5.82 Å². The Bertz CT molecular complexity index is 1210. The Morgan fingerprint density at radius 2 is 1.74 bits per heavy atom. The Morgan fingerprint density at radius 1 is 1.11 bits per heavy atom. The topological polar surface area (TPSA) is 123 Å². The van der Waals surface area contributed by atoms with Crippen LogP contribution in [0.2, 0.25) is 0 Å². The van der Waals surface area contributed by atoms with E-state index in [0.29, 0.717) is 12.2 Å². The van der Waals surface area contributed by atoms with Gasteiger partial charge in [-0.25, -0.2) is 9.59 Å². The zero-order valence-corrected chi connectivity index (χ0v) is 20.2. The van der Waals surface area contributed by atoms with Gasteiger partial charge in [0.1, 0.15) is 18.2 Å². The van der Waals surface area contributed by atoms with Gasteiger partial charge in [-0.2, -0.15) is 16.9 Å². The first kappa shape index (κ1) is 24.3. The van der Waals surface area contributed by atoms with Crippen LogP contribution >= 0.6 is 11.8 Å². The highest BCUT2D eigenvalue weighted by Gasteiger charge is 2.30. The molecule has 1 aromatic heterocycles. The summed E-state index contributed by atoms with van der Waals surface area (Å²) in [6.45, 7) is 0.125. The van der Waals surface area contributed by atoms with Crippen LogP contribution in [0.25, 0.3) is 11.1 Å². The Morgan fingerprint density at radius 3 is 2.34 bits per heavy atom. The molecule has 0 saturated carbocycles. The third-order valence-corrected chi connectivity index (χ3v) is 6.51. The zero-order valence-electron chi connectivity index (χ0n) is 19.4. The summed E-state index contributed by atoms with van der Waals surface area (Å²) in [6.07, 6.45) is 2.82. The highest BCUT2D eigenvalue weighted by Crippen LogP contribution is 2.44. The van der Waals surface area contributed by atoms with Crippen LogP contribution in [0.15, 0.2) is 54.7 Å². The molecule has 0 radical (unpaired) electrons. The van der Waals surface area contributed by atoms with Crippen LogP contribution in [0, 0.1) is 0 Å². The fraction of sp³-hybridized carbons (Fsp3) is 0.280. The number of carboxylic acids is 1. The quantitative estimate of drug-likeness (QED) is 0.414. The number of nitrogens with one attached hydrogen (secondary N) is 2. The minimum atomic E-state index is -1.21. The van der Waals surface area contributed by atoms with Crippen molar-refractivity contribution in [1.82, 2.24) is 15.1 Å². The lowest BCUT2D eigenvalue weighted by Crippen LogP contribution is -2.44. The average molecular weight is 495 g/mol. The Hall–Kier alpha value is -3.79. The predicted molar refractivity (Wildman–Crippen MR) is 134 cm³/mol. The molecule has 1 atom stereocenters. The van der Waals surface area contributed by atoms with E-state index in [4.69, 9.17) is 4.74 Å². The maximum absolute atomic E-state index is 12.9. The van der Waals surface area contributed by atoms with Gasteiger partial charge in [-0.3, -0.25) is 9.48 Å². The van der Waals surface area contributed by atoms with Crippen molar-refractivity contribution in [2.45, 2.75) is 18.4 Å². The number of aromatic nitrogens is 2. The number of fused-ring (bicyclic) bond motifs is 3. The average Bonchev–Trinajstić information content (AvgIpc) is 3.37. The van der Waals surface area contributed by atoms with Crippen LogP contribution in [0.5, 0.6) is 0 Å². The van der Waals surface area contributed by atoms with E-state index in [1.54, 1.807) is 7.05 Å². The molecule has 182 valence electrons. The third kappa shape index (κ3) is 5.32. The molecule has 1 unspecified atom stereocenters. The van der Waals surface area contributed by atoms with E-state index < -0.39 is 24.0 Å². The lowest BCUT2D eigenvalue weighted by Gasteiger charge is -2.19. The number of carboxylic acid groups (broad SMARTS) is 1. The normalized spacial score (nSPS) is 13.0. The Balaban J connectivity index is 1.43. The molecule has 9 nitrogen and oxygen atoms in total. The van der Waals surface area contributed by atoms with Crippen LogP contribution < -0.4 is 10.6 Å². The number of carbonyl (C=O) groups excluding carboxylic acids is 2. The lowest BCUT2D eigenvalue weighted by atomic mass is 9.98. The van der Waals surface area contributed by atoms with Crippen LogP contribution in [0.1, 0.15) is 33.8 Å². The largest absolute Gasteiger partial charge is 0.477 e. The van der Waals surface area contributed by atoms with E-state index in [2.05, 4.69) is 27.9 Å². The second kappa shape index (κ2) is 10.6. The van der Waals surface area contributed by atoms with Gasteiger partial charge in [-0.15, -0.1) is 0 Å². The molecule has 3 N–H and O–H groups in total. The van der Waals surface area contributed by atoms with Gasteiger partial charge < -0.3 is 20.5 Å². The standard InChI is InChI=1S/C25H26N4O5S/c1-29-13-19(24(31)32)22(28-29)27-23(30)21(11-12-35-2)26-25(33)34-14-20-17-9-5-3-7-15(17)16-8-4-6-10-18(16)20/h3-10,13,20-21H,11-12,14H2,1-2H3,(H,26,33)(H,31,32)(H,27,28,30). The summed E-state index contributed by atoms with van der Waals surface area (Å²) in [5.74, 6) is -1.34. The number of thioether (sulfide) groups is 1. The zero-order chi connectivity index (χ0) is 24.9. The van der Waals surface area contributed by atoms with Gasteiger partial charge in [0, 0.05) is 19.2 Å². The van der Waals surface area contributed by atoms with Crippen LogP contribution in [0.4, 0.5) is 10.6 Å². The van der Waals surface area contributed by atoms with E-state index in [1.807, 2.05) is 42.7 Å². The second-order valence-corrected chi connectivity index (χ2v) is 9.15. The van der Waals surface area contributed by atoms with Gasteiger partial charge in [-0.1, -0.05) is 48.5 Å². The van der Waals surface area contributed by atoms with Crippen molar-refractivity contribution in [3.05, 3.63) is 71.4 Å². The van der Waals surface area contributed by atoms with Gasteiger partial charge in [0.25, 0.3) is 0 Å². The number of amides is 2. The molecule has 3 aromatic rings. The first-order valence-electron chi connectivity index (χ1n) is 11.1. The van der Waals surface area contributed by atoms with Crippen molar-refractivity contribution in [3.8, 4) is 11.1 Å². The summed E-state index contributed by atoms with van der Waals surface area (Å²) in [7, 11) is 1.56. The van der Waals surface area contributed by atoms with E-state index >= 15 is 0 Å². The number of ether oxygens (including phenoxy) is 1. The van der Waals surface area contributed by atoms with Crippen LogP contribution in [-0.4, -0.2) is 57.5 Å². The first-order chi connectivity index (χ1) is 16.9. The molecule has 0 aliphatic heterocycles. The van der Waals surface area contributed by atoms with E-state index in [-0.39, 0.29) is 23.9 Å². The van der Waals surface area contributed by atoms with Gasteiger partial charge >= 0.3 is 12.1 Å². The number of hydrogen-bond donors (Lipinski definition) is 3. The number of benzene rings is 2. The number of rotatable bonds is 9. The van der Waals surface area contributed by atoms with Crippen molar-refractivity contribution in [3.63, 3.8) is 0 Å². The summed E-state index contributed by atoms with van der Waals surface area (Å²) in [5, 5.41) is 18.5. The Kier molecular flexibility index (Phi) is 7.40. The fourth-order valence-corrected chi connectivity index (χ4v) is 4.70. The maximum atomic E-state index is 12.9. The predicted octanol–water partition coefficient (Wildman–Crippen LogP) is 3.72. The molecule has 0 spiro atoms. The van der Waals surface area contributed by atoms with Crippen LogP contribution in [0.3, 0.4) is 0 Å². The van der Waals surface area contributed by atoms with E-state index in [1.165, 1.54) is 22.6 Å². The Labute approximate surface area is 206 Å². The molecule has 0 saturated heterocycles. The summed E-state index contributed by atoms with van der Waals surface area (Å²) in [5.41, 5.74) is 4.30. The SMILES string of the molecule is CSCCC(NC(=O)OCC1c2ccccc2-c2ccccc21)C(=O)Nc1nn(C)cc1C(=O)O. The molecule has 0 fully saturated rings. The summed E-state index contributed by atoms with van der Waals surface area (Å²) >= 11 is 1.53. The number of aryl methyl sites for hydroxylation is 1.